The van der Waals surface area contributed by atoms with Gasteiger partial charge in [-0.15, -0.1) is 0 Å². The van der Waals surface area contributed by atoms with Crippen LogP contribution in [0.15, 0.2) is 4.52 Å². The minimum Gasteiger partial charge on any atom is -0.338 e. The Bertz CT molecular complexity index is 252. The smallest absolute Gasteiger partial charge is 0.240 e. The highest BCUT2D eigenvalue weighted by Crippen LogP contribution is 1.98. The molecule has 0 radical (unpaired) electrons. The zero-order chi connectivity index (χ0) is 10.2. The van der Waals surface area contributed by atoms with Crippen molar-refractivity contribution in [1.29, 1.82) is 0 Å². The van der Waals surface area contributed by atoms with E-state index in [1.54, 1.807) is 0 Å². The topological polar surface area (TPSA) is 51.0 Å². The third kappa shape index (κ3) is 4.62. The highest BCUT2D eigenvalue weighted by atomic mass is 32.2. The Kier molecular flexibility index (Phi) is 5.63. The molecule has 5 heteroatoms. The number of aryl methyl sites for hydroxylation is 1. The predicted octanol–water partition coefficient (Wildman–Crippen LogP) is 1.61. The molecule has 1 aromatic heterocycles. The van der Waals surface area contributed by atoms with Crippen LogP contribution in [-0.4, -0.2) is 28.7 Å². The van der Waals surface area contributed by atoms with Crippen LogP contribution in [0, 0.1) is 6.92 Å². The van der Waals surface area contributed by atoms with E-state index < -0.39 is 0 Å². The van der Waals surface area contributed by atoms with E-state index in [4.69, 9.17) is 4.52 Å². The molecular formula is C9H17N3OS. The third-order valence-electron chi connectivity index (χ3n) is 1.80. The maximum Gasteiger partial charge on any atom is 0.240 e. The van der Waals surface area contributed by atoms with Crippen molar-refractivity contribution in [3.05, 3.63) is 11.7 Å². The van der Waals surface area contributed by atoms with Gasteiger partial charge in [-0.05, 0) is 38.3 Å². The van der Waals surface area contributed by atoms with Crippen molar-refractivity contribution >= 4 is 11.8 Å². The summed E-state index contributed by atoms with van der Waals surface area (Å²) >= 11 is 1.89. The van der Waals surface area contributed by atoms with Crippen molar-refractivity contribution in [3.63, 3.8) is 0 Å². The van der Waals surface area contributed by atoms with E-state index in [1.807, 2.05) is 18.7 Å². The molecule has 0 unspecified atom stereocenters. The second-order valence-electron chi connectivity index (χ2n) is 3.11. The van der Waals surface area contributed by atoms with Crippen molar-refractivity contribution in [2.24, 2.45) is 0 Å². The van der Waals surface area contributed by atoms with Crippen molar-refractivity contribution in [2.45, 2.75) is 26.3 Å². The molecular weight excluding hydrogens is 198 g/mol. The number of unbranched alkanes of at least 4 members (excludes halogenated alkanes) is 1. The summed E-state index contributed by atoms with van der Waals surface area (Å²) in [6.07, 6.45) is 4.60. The number of hydrogen-bond donors (Lipinski definition) is 1. The Balaban J connectivity index is 1.99. The molecule has 0 saturated carbocycles. The largest absolute Gasteiger partial charge is 0.338 e. The summed E-state index contributed by atoms with van der Waals surface area (Å²) in [7, 11) is 0. The summed E-state index contributed by atoms with van der Waals surface area (Å²) < 4.78 is 4.96. The second-order valence-corrected chi connectivity index (χ2v) is 4.10. The van der Waals surface area contributed by atoms with Gasteiger partial charge in [0.25, 0.3) is 0 Å². The molecule has 0 bridgehead atoms. The predicted molar refractivity (Wildman–Crippen MR) is 58.4 cm³/mol. The van der Waals surface area contributed by atoms with Crippen LogP contribution in [-0.2, 0) is 6.54 Å². The van der Waals surface area contributed by atoms with Crippen molar-refractivity contribution in [1.82, 2.24) is 15.5 Å². The van der Waals surface area contributed by atoms with Crippen molar-refractivity contribution in [3.8, 4) is 0 Å². The van der Waals surface area contributed by atoms with Gasteiger partial charge in [0, 0.05) is 0 Å². The molecule has 0 amide bonds. The highest BCUT2D eigenvalue weighted by molar-refractivity contribution is 7.98. The lowest BCUT2D eigenvalue weighted by Crippen LogP contribution is -2.15. The molecule has 0 aliphatic rings. The van der Waals surface area contributed by atoms with E-state index in [0.717, 1.165) is 6.54 Å². The van der Waals surface area contributed by atoms with E-state index in [2.05, 4.69) is 21.7 Å². The normalized spacial score (nSPS) is 10.7. The number of aromatic nitrogens is 2. The molecule has 1 rings (SSSR count). The second kappa shape index (κ2) is 6.84. The maximum absolute atomic E-state index is 4.96. The summed E-state index contributed by atoms with van der Waals surface area (Å²) in [5.41, 5.74) is 0. The van der Waals surface area contributed by atoms with Gasteiger partial charge < -0.3 is 9.84 Å². The minimum atomic E-state index is 0.673. The SMILES string of the molecule is CSCCCCNCc1nc(C)no1. The van der Waals surface area contributed by atoms with Crippen LogP contribution in [0.4, 0.5) is 0 Å². The molecule has 0 fully saturated rings. The fraction of sp³-hybridized carbons (Fsp3) is 0.778. The molecule has 14 heavy (non-hydrogen) atoms. The lowest BCUT2D eigenvalue weighted by molar-refractivity contribution is 0.364. The monoisotopic (exact) mass is 215 g/mol. The zero-order valence-electron chi connectivity index (χ0n) is 8.75. The van der Waals surface area contributed by atoms with E-state index in [9.17, 15) is 0 Å². The first-order chi connectivity index (χ1) is 6.83. The van der Waals surface area contributed by atoms with Crippen LogP contribution < -0.4 is 5.32 Å². The number of hydrogen-bond acceptors (Lipinski definition) is 5. The standard InChI is InChI=1S/C9H17N3OS/c1-8-11-9(13-12-8)7-10-5-3-4-6-14-2/h10H,3-7H2,1-2H3. The summed E-state index contributed by atoms with van der Waals surface area (Å²) in [6.45, 7) is 3.52. The van der Waals surface area contributed by atoms with Gasteiger partial charge >= 0.3 is 0 Å². The third-order valence-corrected chi connectivity index (χ3v) is 2.49. The average Bonchev–Trinajstić information content (AvgIpc) is 2.58. The Morgan fingerprint density at radius 2 is 2.29 bits per heavy atom. The molecule has 0 aliphatic heterocycles. The lowest BCUT2D eigenvalue weighted by atomic mass is 10.3. The van der Waals surface area contributed by atoms with Crippen LogP contribution in [0.1, 0.15) is 24.6 Å². The Labute approximate surface area is 88.8 Å². The van der Waals surface area contributed by atoms with Crippen molar-refractivity contribution in [2.75, 3.05) is 18.6 Å². The molecule has 0 atom stereocenters. The summed E-state index contributed by atoms with van der Waals surface area (Å²) in [6, 6.07) is 0. The lowest BCUT2D eigenvalue weighted by Gasteiger charge is -2.00. The number of rotatable bonds is 7. The average molecular weight is 215 g/mol. The van der Waals surface area contributed by atoms with Gasteiger partial charge in [-0.1, -0.05) is 5.16 Å². The first kappa shape index (κ1) is 11.5. The summed E-state index contributed by atoms with van der Waals surface area (Å²) in [4.78, 5) is 4.10. The maximum atomic E-state index is 4.96. The van der Waals surface area contributed by atoms with Gasteiger partial charge in [0.15, 0.2) is 5.82 Å². The molecule has 1 aromatic rings. The molecule has 0 saturated heterocycles. The van der Waals surface area contributed by atoms with Crippen LogP contribution in [0.2, 0.25) is 0 Å². The van der Waals surface area contributed by atoms with Gasteiger partial charge in [0.1, 0.15) is 0 Å². The Hall–Kier alpha value is -0.550. The molecule has 80 valence electrons. The van der Waals surface area contributed by atoms with Crippen LogP contribution in [0.3, 0.4) is 0 Å². The van der Waals surface area contributed by atoms with Crippen molar-refractivity contribution < 1.29 is 4.52 Å². The first-order valence-corrected chi connectivity index (χ1v) is 6.21. The molecule has 0 aromatic carbocycles. The van der Waals surface area contributed by atoms with Gasteiger partial charge in [-0.25, -0.2) is 0 Å². The van der Waals surface area contributed by atoms with E-state index in [1.165, 1.54) is 18.6 Å². The number of thioether (sulfide) groups is 1. The fourth-order valence-electron chi connectivity index (χ4n) is 1.10. The van der Waals surface area contributed by atoms with Gasteiger partial charge in [-0.3, -0.25) is 0 Å². The van der Waals surface area contributed by atoms with Crippen LogP contribution in [0.5, 0.6) is 0 Å². The zero-order valence-corrected chi connectivity index (χ0v) is 9.56. The number of nitrogens with one attached hydrogen (secondary N) is 1. The first-order valence-electron chi connectivity index (χ1n) is 4.82. The minimum absolute atomic E-state index is 0.673. The summed E-state index contributed by atoms with van der Waals surface area (Å²) in [5, 5.41) is 6.98. The van der Waals surface area contributed by atoms with Crippen LogP contribution >= 0.6 is 11.8 Å². The van der Waals surface area contributed by atoms with E-state index in [-0.39, 0.29) is 0 Å². The van der Waals surface area contributed by atoms with Gasteiger partial charge in [0.2, 0.25) is 5.89 Å². The molecule has 1 heterocycles. The Morgan fingerprint density at radius 1 is 1.43 bits per heavy atom. The summed E-state index contributed by atoms with van der Waals surface area (Å²) in [5.74, 6) is 2.61. The molecule has 0 aliphatic carbocycles. The van der Waals surface area contributed by atoms with Gasteiger partial charge in [0.05, 0.1) is 6.54 Å². The molecule has 0 spiro atoms. The van der Waals surface area contributed by atoms with Gasteiger partial charge in [-0.2, -0.15) is 16.7 Å². The Morgan fingerprint density at radius 3 is 2.93 bits per heavy atom. The van der Waals surface area contributed by atoms with Crippen LogP contribution in [0.25, 0.3) is 0 Å². The fourth-order valence-corrected chi connectivity index (χ4v) is 1.60. The molecule has 4 nitrogen and oxygen atoms in total. The molecule has 1 N–H and O–H groups in total. The van der Waals surface area contributed by atoms with E-state index in [0.29, 0.717) is 18.3 Å². The highest BCUT2D eigenvalue weighted by Gasteiger charge is 2.00. The number of nitrogens with zero attached hydrogens (tertiary/aromatic N) is 2. The van der Waals surface area contributed by atoms with E-state index >= 15 is 0 Å². The quantitative estimate of drug-likeness (QED) is 0.700.